The predicted octanol–water partition coefficient (Wildman–Crippen LogP) is 2.85. The molecule has 1 aromatic heterocycles. The maximum absolute atomic E-state index is 12.7. The van der Waals surface area contributed by atoms with E-state index in [1.807, 2.05) is 30.5 Å². The fraction of sp³-hybridized carbons (Fsp3) is 0.400. The van der Waals surface area contributed by atoms with Gasteiger partial charge in [-0.2, -0.15) is 0 Å². The molecule has 2 amide bonds. The van der Waals surface area contributed by atoms with Gasteiger partial charge in [-0.1, -0.05) is 18.2 Å². The third kappa shape index (κ3) is 5.80. The van der Waals surface area contributed by atoms with E-state index in [9.17, 15) is 18.0 Å². The summed E-state index contributed by atoms with van der Waals surface area (Å²) in [6.45, 7) is 3.00. The van der Waals surface area contributed by atoms with Crippen molar-refractivity contribution in [2.45, 2.75) is 25.8 Å². The number of hydrogen-bond donors (Lipinski definition) is 2. The summed E-state index contributed by atoms with van der Waals surface area (Å²) < 4.78 is 25.3. The second-order valence-corrected chi connectivity index (χ2v) is 9.97. The van der Waals surface area contributed by atoms with Crippen molar-refractivity contribution in [3.05, 3.63) is 52.2 Å². The van der Waals surface area contributed by atoms with Gasteiger partial charge < -0.3 is 10.2 Å². The lowest BCUT2D eigenvalue weighted by atomic mass is 9.95. The van der Waals surface area contributed by atoms with Crippen LogP contribution in [0, 0.1) is 5.92 Å². The molecule has 1 saturated heterocycles. The van der Waals surface area contributed by atoms with Crippen LogP contribution in [-0.4, -0.2) is 44.5 Å². The van der Waals surface area contributed by atoms with Crippen molar-refractivity contribution >= 4 is 38.9 Å². The van der Waals surface area contributed by atoms with Crippen molar-refractivity contribution < 1.29 is 18.0 Å². The van der Waals surface area contributed by atoms with Crippen LogP contribution >= 0.6 is 11.3 Å². The fourth-order valence-electron chi connectivity index (χ4n) is 3.40. The maximum atomic E-state index is 12.7. The van der Waals surface area contributed by atoms with Gasteiger partial charge in [-0.3, -0.25) is 14.3 Å². The van der Waals surface area contributed by atoms with Gasteiger partial charge in [-0.15, -0.1) is 11.3 Å². The Morgan fingerprint density at radius 2 is 1.90 bits per heavy atom. The van der Waals surface area contributed by atoms with E-state index in [0.717, 1.165) is 16.7 Å². The van der Waals surface area contributed by atoms with Crippen LogP contribution in [0.4, 0.5) is 5.69 Å². The topological polar surface area (TPSA) is 95.6 Å². The third-order valence-corrected chi connectivity index (χ3v) is 6.40. The van der Waals surface area contributed by atoms with Crippen LogP contribution in [-0.2, 0) is 14.8 Å². The molecule has 9 heteroatoms. The molecule has 2 aromatic rings. The second kappa shape index (κ2) is 8.96. The lowest BCUT2D eigenvalue weighted by Gasteiger charge is -2.31. The molecule has 1 atom stereocenters. The van der Waals surface area contributed by atoms with Gasteiger partial charge in [0.25, 0.3) is 5.91 Å². The monoisotopic (exact) mass is 435 g/mol. The molecule has 1 aromatic carbocycles. The molecule has 2 heterocycles. The Labute approximate surface area is 175 Å². The predicted molar refractivity (Wildman–Crippen MR) is 114 cm³/mol. The van der Waals surface area contributed by atoms with Gasteiger partial charge in [0.15, 0.2) is 0 Å². The Morgan fingerprint density at radius 3 is 2.52 bits per heavy atom. The molecule has 0 aliphatic carbocycles. The number of sulfonamides is 1. The molecule has 0 saturated carbocycles. The number of piperidine rings is 1. The Hall–Kier alpha value is -2.39. The first-order valence-electron chi connectivity index (χ1n) is 9.44. The summed E-state index contributed by atoms with van der Waals surface area (Å²) in [4.78, 5) is 27.6. The van der Waals surface area contributed by atoms with Gasteiger partial charge >= 0.3 is 0 Å². The maximum Gasteiger partial charge on any atom is 0.263 e. The summed E-state index contributed by atoms with van der Waals surface area (Å²) in [7, 11) is -3.36. The zero-order valence-electron chi connectivity index (χ0n) is 16.4. The zero-order chi connectivity index (χ0) is 21.0. The standard InChI is InChI=1S/C20H25N3O4S2/c1-14(16-5-3-6-17(13-16)22-29(2,26)27)21-19(24)15-8-10-23(11-9-15)20(25)18-7-4-12-28-18/h3-7,12-15,22H,8-11H2,1-2H3,(H,21,24). The Balaban J connectivity index is 1.54. The molecule has 29 heavy (non-hydrogen) atoms. The zero-order valence-corrected chi connectivity index (χ0v) is 18.1. The highest BCUT2D eigenvalue weighted by Crippen LogP contribution is 2.23. The highest BCUT2D eigenvalue weighted by atomic mass is 32.2. The normalized spacial score (nSPS) is 16.3. The summed E-state index contributed by atoms with van der Waals surface area (Å²) in [6, 6.07) is 10.4. The first kappa shape index (κ1) is 21.3. The molecule has 7 nitrogen and oxygen atoms in total. The minimum atomic E-state index is -3.36. The van der Waals surface area contributed by atoms with E-state index in [2.05, 4.69) is 10.0 Å². The van der Waals surface area contributed by atoms with E-state index in [4.69, 9.17) is 0 Å². The molecule has 1 aliphatic heterocycles. The van der Waals surface area contributed by atoms with Crippen LogP contribution < -0.4 is 10.0 Å². The molecule has 0 bridgehead atoms. The van der Waals surface area contributed by atoms with E-state index in [1.165, 1.54) is 11.3 Å². The van der Waals surface area contributed by atoms with E-state index in [1.54, 1.807) is 23.1 Å². The van der Waals surface area contributed by atoms with E-state index >= 15 is 0 Å². The molecule has 2 N–H and O–H groups in total. The number of hydrogen-bond acceptors (Lipinski definition) is 5. The number of anilines is 1. The van der Waals surface area contributed by atoms with Crippen LogP contribution in [0.1, 0.15) is 41.0 Å². The minimum Gasteiger partial charge on any atom is -0.349 e. The molecule has 1 fully saturated rings. The van der Waals surface area contributed by atoms with Crippen molar-refractivity contribution in [3.63, 3.8) is 0 Å². The molecule has 0 radical (unpaired) electrons. The number of nitrogens with one attached hydrogen (secondary N) is 2. The van der Waals surface area contributed by atoms with Crippen LogP contribution in [0.5, 0.6) is 0 Å². The van der Waals surface area contributed by atoms with Crippen molar-refractivity contribution in [3.8, 4) is 0 Å². The molecule has 1 aliphatic rings. The Morgan fingerprint density at radius 1 is 1.17 bits per heavy atom. The third-order valence-electron chi connectivity index (χ3n) is 4.93. The van der Waals surface area contributed by atoms with Gasteiger partial charge in [0.2, 0.25) is 15.9 Å². The van der Waals surface area contributed by atoms with Crippen LogP contribution in [0.25, 0.3) is 0 Å². The highest BCUT2D eigenvalue weighted by Gasteiger charge is 2.28. The highest BCUT2D eigenvalue weighted by molar-refractivity contribution is 7.92. The molecular weight excluding hydrogens is 410 g/mol. The van der Waals surface area contributed by atoms with Gasteiger partial charge in [0, 0.05) is 24.7 Å². The number of amides is 2. The Kier molecular flexibility index (Phi) is 6.59. The van der Waals surface area contributed by atoms with Gasteiger partial charge in [0.1, 0.15) is 0 Å². The van der Waals surface area contributed by atoms with E-state index in [0.29, 0.717) is 31.6 Å². The number of thiophene rings is 1. The van der Waals surface area contributed by atoms with Crippen LogP contribution in [0.3, 0.4) is 0 Å². The van der Waals surface area contributed by atoms with Gasteiger partial charge in [-0.25, -0.2) is 8.42 Å². The van der Waals surface area contributed by atoms with Crippen molar-refractivity contribution in [1.82, 2.24) is 10.2 Å². The average Bonchev–Trinajstić information content (AvgIpc) is 3.21. The number of carbonyl (C=O) groups is 2. The van der Waals surface area contributed by atoms with Gasteiger partial charge in [0.05, 0.1) is 17.2 Å². The van der Waals surface area contributed by atoms with Crippen LogP contribution in [0.15, 0.2) is 41.8 Å². The average molecular weight is 436 g/mol. The summed E-state index contributed by atoms with van der Waals surface area (Å²) in [5.74, 6) is -0.147. The van der Waals surface area contributed by atoms with E-state index < -0.39 is 10.0 Å². The quantitative estimate of drug-likeness (QED) is 0.729. The molecule has 3 rings (SSSR count). The molecule has 0 spiro atoms. The number of nitrogens with zero attached hydrogens (tertiary/aromatic N) is 1. The lowest BCUT2D eigenvalue weighted by Crippen LogP contribution is -2.43. The van der Waals surface area contributed by atoms with Crippen molar-refractivity contribution in [1.29, 1.82) is 0 Å². The lowest BCUT2D eigenvalue weighted by molar-refractivity contribution is -0.127. The SMILES string of the molecule is CC(NC(=O)C1CCN(C(=O)c2cccs2)CC1)c1cccc(NS(C)(=O)=O)c1. The molecular formula is C20H25N3O4S2. The minimum absolute atomic E-state index is 0.0300. The number of carbonyl (C=O) groups excluding carboxylic acids is 2. The van der Waals surface area contributed by atoms with E-state index in [-0.39, 0.29) is 23.8 Å². The molecule has 156 valence electrons. The summed E-state index contributed by atoms with van der Waals surface area (Å²) >= 11 is 1.43. The summed E-state index contributed by atoms with van der Waals surface area (Å²) in [5, 5.41) is 4.89. The number of benzene rings is 1. The fourth-order valence-corrected chi connectivity index (χ4v) is 4.65. The summed E-state index contributed by atoms with van der Waals surface area (Å²) in [5.41, 5.74) is 1.28. The smallest absolute Gasteiger partial charge is 0.263 e. The van der Waals surface area contributed by atoms with Gasteiger partial charge in [-0.05, 0) is 48.9 Å². The number of rotatable bonds is 6. The first-order valence-corrected chi connectivity index (χ1v) is 12.2. The first-order chi connectivity index (χ1) is 13.7. The van der Waals surface area contributed by atoms with Crippen molar-refractivity contribution in [2.75, 3.05) is 24.1 Å². The van der Waals surface area contributed by atoms with Crippen LogP contribution in [0.2, 0.25) is 0 Å². The number of likely N-dealkylation sites (tertiary alicyclic amines) is 1. The second-order valence-electron chi connectivity index (χ2n) is 7.27. The summed E-state index contributed by atoms with van der Waals surface area (Å²) in [6.07, 6.45) is 2.36. The van der Waals surface area contributed by atoms with Crippen molar-refractivity contribution in [2.24, 2.45) is 5.92 Å². The molecule has 1 unspecified atom stereocenters. The Bertz CT molecular complexity index is 965. The largest absolute Gasteiger partial charge is 0.349 e.